The quantitative estimate of drug-likeness (QED) is 0.386. The van der Waals surface area contributed by atoms with Crippen molar-refractivity contribution in [2.24, 2.45) is 5.10 Å². The van der Waals surface area contributed by atoms with Gasteiger partial charge in [-0.1, -0.05) is 35.9 Å². The number of amides is 1. The van der Waals surface area contributed by atoms with E-state index < -0.39 is 0 Å². The Morgan fingerprint density at radius 3 is 2.58 bits per heavy atom. The van der Waals surface area contributed by atoms with Crippen molar-refractivity contribution >= 4 is 23.7 Å². The monoisotopic (exact) mass is 438 g/mol. The number of nitrogens with zero attached hydrogens (tertiary/aromatic N) is 1. The maximum Gasteiger partial charge on any atom is 0.277 e. The first-order chi connectivity index (χ1) is 15.0. The summed E-state index contributed by atoms with van der Waals surface area (Å²) in [4.78, 5) is 11.9. The van der Waals surface area contributed by atoms with E-state index in [9.17, 15) is 4.79 Å². The van der Waals surface area contributed by atoms with Crippen LogP contribution in [0.4, 0.5) is 0 Å². The van der Waals surface area contributed by atoms with Gasteiger partial charge >= 0.3 is 0 Å². The third-order valence-electron chi connectivity index (χ3n) is 4.26. The second kappa shape index (κ2) is 11.0. The molecule has 0 aromatic heterocycles. The van der Waals surface area contributed by atoms with Crippen LogP contribution in [0.25, 0.3) is 0 Å². The van der Waals surface area contributed by atoms with E-state index in [4.69, 9.17) is 25.8 Å². The van der Waals surface area contributed by atoms with Crippen LogP contribution >= 0.6 is 11.6 Å². The van der Waals surface area contributed by atoms with E-state index in [0.29, 0.717) is 28.9 Å². The maximum atomic E-state index is 11.9. The van der Waals surface area contributed by atoms with Crippen molar-refractivity contribution in [3.8, 4) is 17.2 Å². The van der Waals surface area contributed by atoms with Crippen molar-refractivity contribution in [3.05, 3.63) is 88.4 Å². The molecule has 0 spiro atoms. The van der Waals surface area contributed by atoms with Gasteiger partial charge in [0.15, 0.2) is 18.1 Å². The van der Waals surface area contributed by atoms with E-state index in [-0.39, 0.29) is 12.5 Å². The van der Waals surface area contributed by atoms with E-state index in [1.165, 1.54) is 6.21 Å². The Balaban J connectivity index is 1.51. The third-order valence-corrected chi connectivity index (χ3v) is 4.51. The van der Waals surface area contributed by atoms with Crippen LogP contribution in [0.2, 0.25) is 5.02 Å². The lowest BCUT2D eigenvalue weighted by atomic mass is 10.2. The van der Waals surface area contributed by atoms with E-state index in [2.05, 4.69) is 10.5 Å². The Morgan fingerprint density at radius 2 is 1.84 bits per heavy atom. The maximum absolute atomic E-state index is 11.9. The van der Waals surface area contributed by atoms with Crippen LogP contribution < -0.4 is 19.6 Å². The van der Waals surface area contributed by atoms with Crippen molar-refractivity contribution in [2.75, 3.05) is 13.7 Å². The molecule has 31 heavy (non-hydrogen) atoms. The minimum atomic E-state index is -0.354. The highest BCUT2D eigenvalue weighted by atomic mass is 35.5. The number of carbonyl (C=O) groups is 1. The van der Waals surface area contributed by atoms with Gasteiger partial charge in [-0.2, -0.15) is 5.10 Å². The Labute approximate surface area is 186 Å². The fraction of sp³-hybridized carbons (Fsp3) is 0.167. The molecule has 0 aliphatic heterocycles. The SMILES string of the molecule is COc1cc(/C=N\NC(=O)COc2cccc(C)c2)ccc1OCc1ccc(Cl)cc1. The lowest BCUT2D eigenvalue weighted by molar-refractivity contribution is -0.123. The molecule has 0 atom stereocenters. The van der Waals surface area contributed by atoms with Crippen molar-refractivity contribution < 1.29 is 19.0 Å². The number of benzene rings is 3. The first kappa shape index (κ1) is 22.2. The zero-order chi connectivity index (χ0) is 22.1. The smallest absolute Gasteiger partial charge is 0.277 e. The molecule has 1 N–H and O–H groups in total. The number of halogens is 1. The number of hydrogen-bond acceptors (Lipinski definition) is 5. The highest BCUT2D eigenvalue weighted by Crippen LogP contribution is 2.28. The highest BCUT2D eigenvalue weighted by molar-refractivity contribution is 6.30. The summed E-state index contributed by atoms with van der Waals surface area (Å²) >= 11 is 5.90. The summed E-state index contributed by atoms with van der Waals surface area (Å²) in [5.74, 6) is 1.45. The van der Waals surface area contributed by atoms with Gasteiger partial charge in [-0.3, -0.25) is 4.79 Å². The first-order valence-corrected chi connectivity index (χ1v) is 9.98. The van der Waals surface area contributed by atoms with Crippen LogP contribution in [0, 0.1) is 6.92 Å². The summed E-state index contributed by atoms with van der Waals surface area (Å²) in [5, 5.41) is 4.64. The van der Waals surface area contributed by atoms with Gasteiger partial charge in [0, 0.05) is 5.02 Å². The molecule has 0 saturated heterocycles. The zero-order valence-electron chi connectivity index (χ0n) is 17.3. The molecule has 0 radical (unpaired) electrons. The molecular weight excluding hydrogens is 416 g/mol. The molecule has 3 rings (SSSR count). The first-order valence-electron chi connectivity index (χ1n) is 9.60. The molecule has 160 valence electrons. The molecule has 0 aliphatic carbocycles. The van der Waals surface area contributed by atoms with Crippen LogP contribution in [-0.4, -0.2) is 25.8 Å². The van der Waals surface area contributed by atoms with Gasteiger partial charge in [-0.15, -0.1) is 0 Å². The van der Waals surface area contributed by atoms with Crippen LogP contribution in [0.3, 0.4) is 0 Å². The minimum absolute atomic E-state index is 0.123. The largest absolute Gasteiger partial charge is 0.493 e. The molecule has 0 saturated carbocycles. The van der Waals surface area contributed by atoms with Crippen LogP contribution in [0.15, 0.2) is 71.8 Å². The lowest BCUT2D eigenvalue weighted by Gasteiger charge is -2.11. The number of nitrogens with one attached hydrogen (secondary N) is 1. The molecule has 7 heteroatoms. The van der Waals surface area contributed by atoms with Gasteiger partial charge < -0.3 is 14.2 Å². The molecule has 0 fully saturated rings. The van der Waals surface area contributed by atoms with Crippen LogP contribution in [-0.2, 0) is 11.4 Å². The summed E-state index contributed by atoms with van der Waals surface area (Å²) in [6.45, 7) is 2.22. The summed E-state index contributed by atoms with van der Waals surface area (Å²) in [6, 6.07) is 20.3. The van der Waals surface area contributed by atoms with Crippen LogP contribution in [0.5, 0.6) is 17.2 Å². The molecule has 0 heterocycles. The Bertz CT molecular complexity index is 1050. The average Bonchev–Trinajstić information content (AvgIpc) is 2.78. The summed E-state index contributed by atoms with van der Waals surface area (Å²) in [7, 11) is 1.57. The Morgan fingerprint density at radius 1 is 1.03 bits per heavy atom. The molecular formula is C24H23ClN2O4. The van der Waals surface area contributed by atoms with Gasteiger partial charge in [0.1, 0.15) is 12.4 Å². The van der Waals surface area contributed by atoms with Crippen molar-refractivity contribution in [3.63, 3.8) is 0 Å². The topological polar surface area (TPSA) is 69.2 Å². The summed E-state index contributed by atoms with van der Waals surface area (Å²) in [6.07, 6.45) is 1.52. The number of rotatable bonds is 9. The fourth-order valence-electron chi connectivity index (χ4n) is 2.69. The molecule has 3 aromatic rings. The molecule has 1 amide bonds. The third kappa shape index (κ3) is 7.04. The predicted octanol–water partition coefficient (Wildman–Crippen LogP) is 4.77. The number of carbonyl (C=O) groups excluding carboxylic acids is 1. The van der Waals surface area contributed by atoms with Gasteiger partial charge in [-0.05, 0) is 66.1 Å². The number of aryl methyl sites for hydroxylation is 1. The number of methoxy groups -OCH3 is 1. The average molecular weight is 439 g/mol. The predicted molar refractivity (Wildman–Crippen MR) is 121 cm³/mol. The second-order valence-electron chi connectivity index (χ2n) is 6.72. The normalized spacial score (nSPS) is 10.7. The Hall–Kier alpha value is -3.51. The number of hydrazone groups is 1. The fourth-order valence-corrected chi connectivity index (χ4v) is 2.82. The molecule has 0 unspecified atom stereocenters. The van der Waals surface area contributed by atoms with E-state index >= 15 is 0 Å². The molecule has 0 bridgehead atoms. The minimum Gasteiger partial charge on any atom is -0.493 e. The van der Waals surface area contributed by atoms with Gasteiger partial charge in [0.05, 0.1) is 13.3 Å². The van der Waals surface area contributed by atoms with E-state index in [1.807, 2.05) is 55.5 Å². The molecule has 0 aliphatic rings. The van der Waals surface area contributed by atoms with Gasteiger partial charge in [-0.25, -0.2) is 5.43 Å². The van der Waals surface area contributed by atoms with E-state index in [1.54, 1.807) is 25.3 Å². The summed E-state index contributed by atoms with van der Waals surface area (Å²) < 4.78 is 16.7. The molecule has 3 aromatic carbocycles. The molecule has 6 nitrogen and oxygen atoms in total. The van der Waals surface area contributed by atoms with Crippen LogP contribution in [0.1, 0.15) is 16.7 Å². The van der Waals surface area contributed by atoms with Crippen molar-refractivity contribution in [2.45, 2.75) is 13.5 Å². The van der Waals surface area contributed by atoms with E-state index in [0.717, 1.165) is 16.7 Å². The second-order valence-corrected chi connectivity index (χ2v) is 7.16. The Kier molecular flexibility index (Phi) is 7.90. The van der Waals surface area contributed by atoms with Crippen molar-refractivity contribution in [1.29, 1.82) is 0 Å². The van der Waals surface area contributed by atoms with Gasteiger partial charge in [0.25, 0.3) is 5.91 Å². The zero-order valence-corrected chi connectivity index (χ0v) is 18.1. The van der Waals surface area contributed by atoms with Crippen molar-refractivity contribution in [1.82, 2.24) is 5.43 Å². The summed E-state index contributed by atoms with van der Waals surface area (Å²) in [5.41, 5.74) is 5.24. The standard InChI is InChI=1S/C24H23ClN2O4/c1-17-4-3-5-21(12-17)30-16-24(28)27-26-14-19-8-11-22(23(13-19)29-2)31-15-18-6-9-20(25)10-7-18/h3-14H,15-16H2,1-2H3,(H,27,28)/b26-14-. The number of hydrogen-bond donors (Lipinski definition) is 1. The number of ether oxygens (including phenoxy) is 3. The van der Waals surface area contributed by atoms with Gasteiger partial charge in [0.2, 0.25) is 0 Å². The lowest BCUT2D eigenvalue weighted by Crippen LogP contribution is -2.24. The highest BCUT2D eigenvalue weighted by Gasteiger charge is 2.06.